The van der Waals surface area contributed by atoms with Crippen molar-refractivity contribution >= 4 is 0 Å². The largest absolute Gasteiger partial charge is 0.395 e. The molecule has 2 unspecified atom stereocenters. The van der Waals surface area contributed by atoms with Gasteiger partial charge < -0.3 is 5.11 Å². The van der Waals surface area contributed by atoms with Gasteiger partial charge in [0, 0.05) is 19.6 Å². The maximum atomic E-state index is 12.7. The van der Waals surface area contributed by atoms with Crippen LogP contribution in [0.4, 0.5) is 13.2 Å². The minimum atomic E-state index is -4.32. The Labute approximate surface area is 104 Å². The second kappa shape index (κ2) is 5.28. The Bertz CT molecular complexity index is 380. The van der Waals surface area contributed by atoms with E-state index >= 15 is 0 Å². The summed E-state index contributed by atoms with van der Waals surface area (Å²) in [4.78, 5) is 1.75. The molecule has 1 aromatic carbocycles. The maximum absolute atomic E-state index is 12.7. The van der Waals surface area contributed by atoms with Crippen molar-refractivity contribution in [2.24, 2.45) is 5.92 Å². The maximum Gasteiger partial charge on any atom is 0.395 e. The lowest BCUT2D eigenvalue weighted by atomic mass is 9.94. The van der Waals surface area contributed by atoms with Crippen molar-refractivity contribution in [1.82, 2.24) is 4.90 Å². The lowest BCUT2D eigenvalue weighted by Gasteiger charge is -2.37. The summed E-state index contributed by atoms with van der Waals surface area (Å²) < 4.78 is 38.2. The summed E-state index contributed by atoms with van der Waals surface area (Å²) in [7, 11) is 0. The van der Waals surface area contributed by atoms with Crippen LogP contribution in [0, 0.1) is 5.92 Å². The lowest BCUT2D eigenvalue weighted by molar-refractivity contribution is -0.214. The molecule has 0 saturated carbocycles. The zero-order valence-electron chi connectivity index (χ0n) is 9.90. The van der Waals surface area contributed by atoms with Gasteiger partial charge in [-0.1, -0.05) is 30.3 Å². The Kier molecular flexibility index (Phi) is 3.92. The molecule has 0 aliphatic carbocycles. The number of nitrogens with zero attached hydrogens (tertiary/aromatic N) is 1. The van der Waals surface area contributed by atoms with E-state index in [-0.39, 0.29) is 13.0 Å². The van der Waals surface area contributed by atoms with Gasteiger partial charge in [-0.25, -0.2) is 0 Å². The summed E-state index contributed by atoms with van der Waals surface area (Å²) in [6, 6.07) is 9.41. The van der Waals surface area contributed by atoms with Crippen LogP contribution in [0.25, 0.3) is 0 Å². The van der Waals surface area contributed by atoms with Crippen molar-refractivity contribution in [2.45, 2.75) is 25.2 Å². The molecular weight excluding hydrogens is 243 g/mol. The molecule has 1 heterocycles. The predicted molar refractivity (Wildman–Crippen MR) is 61.9 cm³/mol. The van der Waals surface area contributed by atoms with Gasteiger partial charge in [-0.2, -0.15) is 13.2 Å². The summed E-state index contributed by atoms with van der Waals surface area (Å²) in [5.41, 5.74) is 0.995. The first-order valence-electron chi connectivity index (χ1n) is 5.98. The number of aliphatic hydroxyl groups is 1. The highest BCUT2D eigenvalue weighted by Gasteiger charge is 2.46. The second-order valence-electron chi connectivity index (χ2n) is 4.72. The van der Waals surface area contributed by atoms with Crippen LogP contribution >= 0.6 is 0 Å². The van der Waals surface area contributed by atoms with E-state index < -0.39 is 18.2 Å². The van der Waals surface area contributed by atoms with Crippen molar-refractivity contribution in [2.75, 3.05) is 13.1 Å². The molecule has 1 aliphatic heterocycles. The van der Waals surface area contributed by atoms with Gasteiger partial charge in [0.05, 0.1) is 12.0 Å². The number of alkyl halides is 3. The smallest absolute Gasteiger partial charge is 0.392 e. The van der Waals surface area contributed by atoms with Crippen LogP contribution in [0.1, 0.15) is 12.0 Å². The van der Waals surface area contributed by atoms with E-state index in [2.05, 4.69) is 0 Å². The number of halogens is 3. The highest BCUT2D eigenvalue weighted by molar-refractivity contribution is 5.14. The molecule has 1 aromatic rings. The van der Waals surface area contributed by atoms with E-state index in [1.54, 1.807) is 4.90 Å². The molecule has 2 atom stereocenters. The van der Waals surface area contributed by atoms with E-state index in [0.29, 0.717) is 13.1 Å². The monoisotopic (exact) mass is 259 g/mol. The number of rotatable bonds is 2. The van der Waals surface area contributed by atoms with Crippen LogP contribution in [0.15, 0.2) is 30.3 Å². The molecule has 2 rings (SSSR count). The Morgan fingerprint density at radius 3 is 2.50 bits per heavy atom. The van der Waals surface area contributed by atoms with Crippen LogP contribution in [0.3, 0.4) is 0 Å². The molecule has 0 aromatic heterocycles. The van der Waals surface area contributed by atoms with E-state index in [1.165, 1.54) is 0 Å². The third-order valence-electron chi connectivity index (χ3n) is 3.33. The second-order valence-corrected chi connectivity index (χ2v) is 4.72. The normalized spacial score (nSPS) is 26.2. The Morgan fingerprint density at radius 2 is 1.89 bits per heavy atom. The van der Waals surface area contributed by atoms with Crippen molar-refractivity contribution in [3.05, 3.63) is 35.9 Å². The fourth-order valence-electron chi connectivity index (χ4n) is 2.31. The quantitative estimate of drug-likeness (QED) is 0.881. The average Bonchev–Trinajstić information content (AvgIpc) is 2.31. The average molecular weight is 259 g/mol. The summed E-state index contributed by atoms with van der Waals surface area (Å²) in [5.74, 6) is -1.63. The fraction of sp³-hybridized carbons (Fsp3) is 0.538. The molecule has 100 valence electrons. The molecule has 0 radical (unpaired) electrons. The third kappa shape index (κ3) is 3.23. The van der Waals surface area contributed by atoms with Crippen molar-refractivity contribution in [3.8, 4) is 0 Å². The van der Waals surface area contributed by atoms with Crippen LogP contribution in [-0.4, -0.2) is 35.4 Å². The topological polar surface area (TPSA) is 23.5 Å². The zero-order chi connectivity index (χ0) is 13.2. The van der Waals surface area contributed by atoms with E-state index in [4.69, 9.17) is 0 Å². The molecule has 1 N–H and O–H groups in total. The van der Waals surface area contributed by atoms with Gasteiger partial charge >= 0.3 is 6.18 Å². The number of benzene rings is 1. The van der Waals surface area contributed by atoms with Gasteiger partial charge in [0.25, 0.3) is 0 Å². The summed E-state index contributed by atoms with van der Waals surface area (Å²) >= 11 is 0. The fourth-order valence-corrected chi connectivity index (χ4v) is 2.31. The number of hydrogen-bond donors (Lipinski definition) is 1. The van der Waals surface area contributed by atoms with Gasteiger partial charge in [-0.05, 0) is 12.0 Å². The first-order chi connectivity index (χ1) is 8.47. The molecule has 1 fully saturated rings. The number of piperidine rings is 1. The lowest BCUT2D eigenvalue weighted by Crippen LogP contribution is -2.48. The Balaban J connectivity index is 2.00. The van der Waals surface area contributed by atoms with E-state index in [9.17, 15) is 18.3 Å². The Hall–Kier alpha value is -1.07. The van der Waals surface area contributed by atoms with E-state index in [0.717, 1.165) is 5.56 Å². The van der Waals surface area contributed by atoms with Crippen molar-refractivity contribution < 1.29 is 18.3 Å². The minimum Gasteiger partial charge on any atom is -0.392 e. The Morgan fingerprint density at radius 1 is 1.22 bits per heavy atom. The van der Waals surface area contributed by atoms with Crippen LogP contribution in [0.2, 0.25) is 0 Å². The van der Waals surface area contributed by atoms with Gasteiger partial charge in [0.15, 0.2) is 0 Å². The summed E-state index contributed by atoms with van der Waals surface area (Å²) in [6.45, 7) is 0.877. The predicted octanol–water partition coefficient (Wildman–Crippen LogP) is 2.43. The molecule has 0 amide bonds. The highest BCUT2D eigenvalue weighted by atomic mass is 19.4. The first kappa shape index (κ1) is 13.4. The molecule has 0 bridgehead atoms. The van der Waals surface area contributed by atoms with Gasteiger partial charge in [-0.15, -0.1) is 0 Å². The highest BCUT2D eigenvalue weighted by Crippen LogP contribution is 2.33. The molecule has 2 nitrogen and oxygen atoms in total. The van der Waals surface area contributed by atoms with Crippen LogP contribution < -0.4 is 0 Å². The standard InChI is InChI=1S/C13H16F3NO/c14-13(15,16)11-9-17(7-6-12(11)18)8-10-4-2-1-3-5-10/h1-5,11-12,18H,6-9H2. The van der Waals surface area contributed by atoms with Gasteiger partial charge in [0.1, 0.15) is 0 Å². The first-order valence-corrected chi connectivity index (χ1v) is 5.98. The van der Waals surface area contributed by atoms with Gasteiger partial charge in [0.2, 0.25) is 0 Å². The molecular formula is C13H16F3NO. The summed E-state index contributed by atoms with van der Waals surface area (Å²) in [5, 5.41) is 9.44. The molecule has 18 heavy (non-hydrogen) atoms. The molecule has 5 heteroatoms. The molecule has 1 aliphatic rings. The van der Waals surface area contributed by atoms with E-state index in [1.807, 2.05) is 30.3 Å². The molecule has 1 saturated heterocycles. The third-order valence-corrected chi connectivity index (χ3v) is 3.33. The van der Waals surface area contributed by atoms with Crippen molar-refractivity contribution in [3.63, 3.8) is 0 Å². The minimum absolute atomic E-state index is 0.125. The van der Waals surface area contributed by atoms with Crippen LogP contribution in [-0.2, 0) is 6.54 Å². The van der Waals surface area contributed by atoms with Gasteiger partial charge in [-0.3, -0.25) is 4.90 Å². The number of aliphatic hydroxyl groups excluding tert-OH is 1. The number of likely N-dealkylation sites (tertiary alicyclic amines) is 1. The molecule has 0 spiro atoms. The number of hydrogen-bond acceptors (Lipinski definition) is 2. The SMILES string of the molecule is OC1CCN(Cc2ccccc2)CC1C(F)(F)F. The zero-order valence-corrected chi connectivity index (χ0v) is 9.90. The van der Waals surface area contributed by atoms with Crippen LogP contribution in [0.5, 0.6) is 0 Å². The summed E-state index contributed by atoms with van der Waals surface area (Å²) in [6.07, 6.45) is -5.41. The van der Waals surface area contributed by atoms with Crippen molar-refractivity contribution in [1.29, 1.82) is 0 Å².